The molecule has 3 aliphatic heterocycles. The van der Waals surface area contributed by atoms with Crippen molar-refractivity contribution in [2.75, 3.05) is 26.3 Å². The van der Waals surface area contributed by atoms with Gasteiger partial charge in [0, 0.05) is 12.8 Å². The third-order valence-corrected chi connectivity index (χ3v) is 5.92. The summed E-state index contributed by atoms with van der Waals surface area (Å²) in [7, 11) is 0. The van der Waals surface area contributed by atoms with Crippen LogP contribution in [-0.2, 0) is 9.47 Å². The molecule has 1 aromatic heterocycles. The zero-order chi connectivity index (χ0) is 22.0. The molecular weight excluding hydrogens is 400 g/mol. The molecule has 0 spiro atoms. The highest BCUT2D eigenvalue weighted by atomic mass is 16.6. The molecule has 3 aliphatic rings. The first-order valence-corrected chi connectivity index (χ1v) is 11.2. The number of fused-ring (bicyclic) bond motifs is 2. The molecule has 9 heteroatoms. The van der Waals surface area contributed by atoms with E-state index in [1.165, 1.54) is 6.33 Å². The number of hydrogen-bond acceptors (Lipinski definition) is 8. The zero-order valence-electron chi connectivity index (χ0n) is 18.9. The number of amides is 1. The Balaban J connectivity index is 1.42. The van der Waals surface area contributed by atoms with Crippen molar-refractivity contribution in [2.24, 2.45) is 0 Å². The second kappa shape index (κ2) is 9.16. The molecule has 2 atom stereocenters. The minimum Gasteiger partial charge on any atom is -0.474 e. The molecule has 31 heavy (non-hydrogen) atoms. The van der Waals surface area contributed by atoms with Gasteiger partial charge in [0.15, 0.2) is 0 Å². The first-order valence-electron chi connectivity index (χ1n) is 11.2. The zero-order valence-corrected chi connectivity index (χ0v) is 18.9. The highest BCUT2D eigenvalue weighted by molar-refractivity contribution is 5.69. The summed E-state index contributed by atoms with van der Waals surface area (Å²) in [4.78, 5) is 23.3. The van der Waals surface area contributed by atoms with Crippen LogP contribution in [-0.4, -0.2) is 77.2 Å². The van der Waals surface area contributed by atoms with Gasteiger partial charge in [0.2, 0.25) is 11.8 Å². The fourth-order valence-corrected chi connectivity index (χ4v) is 4.46. The second-order valence-corrected chi connectivity index (χ2v) is 9.62. The maximum absolute atomic E-state index is 12.7. The lowest BCUT2D eigenvalue weighted by Crippen LogP contribution is -2.61. The number of hydrogen-bond donors (Lipinski definition) is 1. The van der Waals surface area contributed by atoms with Gasteiger partial charge in [0.25, 0.3) is 0 Å². The fraction of sp³-hybridized carbons (Fsp3) is 0.773. The first-order chi connectivity index (χ1) is 14.8. The SMILES string of the molecule is Cc1c(OC2CCNCC2)ncnc1OC1CC2COCC(C1)N2C(=O)OC(C)(C)C. The number of carbonyl (C=O) groups is 1. The standard InChI is InChI=1S/C22H34N4O5/c1-14-19(29-17-5-7-23-8-6-17)24-13-25-20(14)30-18-9-15-11-28-12-16(10-18)26(15)21(27)31-22(2,3)4/h13,15-18,23H,5-12H2,1-4H3. The van der Waals surface area contributed by atoms with Crippen LogP contribution in [0.15, 0.2) is 6.33 Å². The molecule has 2 unspecified atom stereocenters. The number of nitrogens with one attached hydrogen (secondary N) is 1. The van der Waals surface area contributed by atoms with Crippen molar-refractivity contribution in [2.45, 2.75) is 83.3 Å². The molecule has 4 rings (SSSR count). The summed E-state index contributed by atoms with van der Waals surface area (Å²) in [6, 6.07) is -0.139. The van der Waals surface area contributed by atoms with Gasteiger partial charge in [-0.25, -0.2) is 14.8 Å². The highest BCUT2D eigenvalue weighted by Gasteiger charge is 2.44. The van der Waals surface area contributed by atoms with Crippen LogP contribution in [0, 0.1) is 6.92 Å². The van der Waals surface area contributed by atoms with Gasteiger partial charge < -0.3 is 24.3 Å². The quantitative estimate of drug-likeness (QED) is 0.772. The normalized spacial score (nSPS) is 27.0. The molecule has 2 bridgehead atoms. The van der Waals surface area contributed by atoms with Crippen molar-refractivity contribution in [3.63, 3.8) is 0 Å². The number of carbonyl (C=O) groups excluding carboxylic acids is 1. The monoisotopic (exact) mass is 434 g/mol. The van der Waals surface area contributed by atoms with E-state index in [0.29, 0.717) is 37.8 Å². The van der Waals surface area contributed by atoms with Crippen molar-refractivity contribution in [3.05, 3.63) is 11.9 Å². The van der Waals surface area contributed by atoms with Gasteiger partial charge in [-0.05, 0) is 53.6 Å². The maximum atomic E-state index is 12.7. The van der Waals surface area contributed by atoms with E-state index in [2.05, 4.69) is 15.3 Å². The summed E-state index contributed by atoms with van der Waals surface area (Å²) in [5.41, 5.74) is 0.291. The fourth-order valence-electron chi connectivity index (χ4n) is 4.46. The minimum absolute atomic E-state index is 0.0575. The Morgan fingerprint density at radius 2 is 1.65 bits per heavy atom. The molecular formula is C22H34N4O5. The van der Waals surface area contributed by atoms with Gasteiger partial charge >= 0.3 is 6.09 Å². The Hall–Kier alpha value is -2.13. The average Bonchev–Trinajstić information content (AvgIpc) is 2.70. The van der Waals surface area contributed by atoms with Crippen molar-refractivity contribution in [3.8, 4) is 11.8 Å². The summed E-state index contributed by atoms with van der Waals surface area (Å²) in [5, 5.41) is 3.34. The van der Waals surface area contributed by atoms with Gasteiger partial charge in [-0.15, -0.1) is 0 Å². The van der Waals surface area contributed by atoms with Crippen molar-refractivity contribution in [1.82, 2.24) is 20.2 Å². The molecule has 9 nitrogen and oxygen atoms in total. The van der Waals surface area contributed by atoms with Crippen LogP contribution in [0.2, 0.25) is 0 Å². The van der Waals surface area contributed by atoms with E-state index in [4.69, 9.17) is 18.9 Å². The van der Waals surface area contributed by atoms with E-state index in [9.17, 15) is 4.79 Å². The van der Waals surface area contributed by atoms with Crippen LogP contribution in [0.3, 0.4) is 0 Å². The average molecular weight is 435 g/mol. The Morgan fingerprint density at radius 3 is 2.23 bits per heavy atom. The molecule has 0 aromatic carbocycles. The van der Waals surface area contributed by atoms with E-state index in [0.717, 1.165) is 31.5 Å². The van der Waals surface area contributed by atoms with Crippen molar-refractivity contribution in [1.29, 1.82) is 0 Å². The maximum Gasteiger partial charge on any atom is 0.410 e. The number of aromatic nitrogens is 2. The number of nitrogens with zero attached hydrogens (tertiary/aromatic N) is 3. The molecule has 0 aliphatic carbocycles. The lowest BCUT2D eigenvalue weighted by molar-refractivity contribution is -0.0999. The molecule has 0 saturated carbocycles. The van der Waals surface area contributed by atoms with Crippen LogP contribution < -0.4 is 14.8 Å². The Morgan fingerprint density at radius 1 is 1.06 bits per heavy atom. The molecule has 4 heterocycles. The third kappa shape index (κ3) is 5.38. The molecule has 0 radical (unpaired) electrons. The van der Waals surface area contributed by atoms with E-state index < -0.39 is 5.60 Å². The molecule has 1 amide bonds. The number of piperidine rings is 2. The second-order valence-electron chi connectivity index (χ2n) is 9.62. The summed E-state index contributed by atoms with van der Waals surface area (Å²) in [5.74, 6) is 1.14. The first kappa shape index (κ1) is 22.1. The number of ether oxygens (including phenoxy) is 4. The topological polar surface area (TPSA) is 95.0 Å². The van der Waals surface area contributed by atoms with Crippen LogP contribution >= 0.6 is 0 Å². The Bertz CT molecular complexity index is 764. The number of morpholine rings is 1. The Kier molecular flexibility index (Phi) is 6.52. The van der Waals surface area contributed by atoms with Gasteiger partial charge in [0.1, 0.15) is 24.1 Å². The molecule has 3 saturated heterocycles. The van der Waals surface area contributed by atoms with Crippen LogP contribution in [0.4, 0.5) is 4.79 Å². The molecule has 1 N–H and O–H groups in total. The summed E-state index contributed by atoms with van der Waals surface area (Å²) in [6.45, 7) is 10.5. The van der Waals surface area contributed by atoms with Gasteiger partial charge in [-0.3, -0.25) is 4.90 Å². The predicted octanol–water partition coefficient (Wildman–Crippen LogP) is 2.46. The van der Waals surface area contributed by atoms with Gasteiger partial charge in [-0.2, -0.15) is 0 Å². The lowest BCUT2D eigenvalue weighted by Gasteiger charge is -2.47. The van der Waals surface area contributed by atoms with Crippen molar-refractivity contribution < 1.29 is 23.7 Å². The van der Waals surface area contributed by atoms with E-state index in [1.807, 2.05) is 32.6 Å². The smallest absolute Gasteiger partial charge is 0.410 e. The van der Waals surface area contributed by atoms with Crippen LogP contribution in [0.5, 0.6) is 11.8 Å². The van der Waals surface area contributed by atoms with E-state index in [1.54, 1.807) is 0 Å². The number of rotatable bonds is 4. The largest absolute Gasteiger partial charge is 0.474 e. The molecule has 1 aromatic rings. The Labute approximate surface area is 183 Å². The van der Waals surface area contributed by atoms with Crippen LogP contribution in [0.25, 0.3) is 0 Å². The lowest BCUT2D eigenvalue weighted by atomic mass is 9.92. The van der Waals surface area contributed by atoms with E-state index >= 15 is 0 Å². The minimum atomic E-state index is -0.525. The van der Waals surface area contributed by atoms with Gasteiger partial charge in [0.05, 0.1) is 30.9 Å². The summed E-state index contributed by atoms with van der Waals surface area (Å²) < 4.78 is 23.8. The molecule has 3 fully saturated rings. The van der Waals surface area contributed by atoms with E-state index in [-0.39, 0.29) is 30.4 Å². The predicted molar refractivity (Wildman–Crippen MR) is 113 cm³/mol. The summed E-state index contributed by atoms with van der Waals surface area (Å²) in [6.07, 6.45) is 4.60. The van der Waals surface area contributed by atoms with Crippen LogP contribution in [0.1, 0.15) is 52.0 Å². The molecule has 172 valence electrons. The highest BCUT2D eigenvalue weighted by Crippen LogP contribution is 2.33. The van der Waals surface area contributed by atoms with Crippen molar-refractivity contribution >= 4 is 6.09 Å². The van der Waals surface area contributed by atoms with Gasteiger partial charge in [-0.1, -0.05) is 0 Å². The summed E-state index contributed by atoms with van der Waals surface area (Å²) >= 11 is 0. The third-order valence-electron chi connectivity index (χ3n) is 5.92.